The summed E-state index contributed by atoms with van der Waals surface area (Å²) < 4.78 is 69.9. The lowest BCUT2D eigenvalue weighted by Crippen LogP contribution is -2.49. The van der Waals surface area contributed by atoms with Crippen molar-refractivity contribution >= 4 is 10.0 Å². The largest absolute Gasteiger partial charge is 0.573 e. The molecule has 3 aromatic rings. The van der Waals surface area contributed by atoms with E-state index >= 15 is 0 Å². The van der Waals surface area contributed by atoms with E-state index in [0.29, 0.717) is 26.2 Å². The molecule has 33 heavy (non-hydrogen) atoms. The fraction of sp³-hybridized carbons (Fsp3) is 0.318. The van der Waals surface area contributed by atoms with E-state index in [9.17, 15) is 21.6 Å². The molecule has 0 saturated carbocycles. The average molecular weight is 481 g/mol. The normalized spacial score (nSPS) is 16.1. The van der Waals surface area contributed by atoms with Crippen molar-refractivity contribution in [3.05, 3.63) is 67.0 Å². The Morgan fingerprint density at radius 2 is 1.58 bits per heavy atom. The number of ether oxygens (including phenoxy) is 1. The molecule has 4 rings (SSSR count). The summed E-state index contributed by atoms with van der Waals surface area (Å²) in [4.78, 5) is 6.56. The van der Waals surface area contributed by atoms with Gasteiger partial charge in [-0.3, -0.25) is 4.90 Å². The number of benzene rings is 2. The summed E-state index contributed by atoms with van der Waals surface area (Å²) in [5.74, 6) is 0.426. The van der Waals surface area contributed by atoms with E-state index in [1.165, 1.54) is 4.31 Å². The molecule has 1 aliphatic heterocycles. The Morgan fingerprint density at radius 1 is 0.909 bits per heavy atom. The van der Waals surface area contributed by atoms with Crippen molar-refractivity contribution in [3.63, 3.8) is 0 Å². The van der Waals surface area contributed by atoms with Crippen LogP contribution in [0, 0.1) is 0 Å². The van der Waals surface area contributed by atoms with Gasteiger partial charge < -0.3 is 9.30 Å². The fourth-order valence-electron chi connectivity index (χ4n) is 3.74. The quantitative estimate of drug-likeness (QED) is 0.518. The molecule has 0 spiro atoms. The second-order valence-corrected chi connectivity index (χ2v) is 9.51. The smallest absolute Gasteiger partial charge is 0.406 e. The molecular weight excluding hydrogens is 457 g/mol. The second-order valence-electron chi connectivity index (χ2n) is 7.58. The first kappa shape index (κ1) is 23.3. The highest BCUT2D eigenvalue weighted by atomic mass is 32.2. The molecule has 0 bridgehead atoms. The van der Waals surface area contributed by atoms with Crippen molar-refractivity contribution in [1.29, 1.82) is 0 Å². The van der Waals surface area contributed by atoms with Crippen molar-refractivity contribution in [2.45, 2.75) is 17.8 Å². The minimum Gasteiger partial charge on any atom is -0.406 e. The SMILES string of the molecule is O=S(=O)(c1ccc(OC(F)(F)F)cc1)N1CCN(CCn2ccnc2-c2ccccc2)CC1. The van der Waals surface area contributed by atoms with Crippen molar-refractivity contribution in [2.75, 3.05) is 32.7 Å². The molecule has 0 N–H and O–H groups in total. The maximum atomic E-state index is 12.9. The number of halogens is 3. The van der Waals surface area contributed by atoms with Gasteiger partial charge in [0, 0.05) is 57.2 Å². The van der Waals surface area contributed by atoms with E-state index in [1.54, 1.807) is 6.20 Å². The van der Waals surface area contributed by atoms with Gasteiger partial charge in [-0.25, -0.2) is 13.4 Å². The highest BCUT2D eigenvalue weighted by Crippen LogP contribution is 2.25. The highest BCUT2D eigenvalue weighted by molar-refractivity contribution is 7.89. The number of hydrogen-bond donors (Lipinski definition) is 0. The molecule has 1 aliphatic rings. The van der Waals surface area contributed by atoms with Gasteiger partial charge in [0.05, 0.1) is 4.90 Å². The highest BCUT2D eigenvalue weighted by Gasteiger charge is 2.32. The van der Waals surface area contributed by atoms with Crippen LogP contribution in [0.4, 0.5) is 13.2 Å². The molecule has 1 aromatic heterocycles. The Balaban J connectivity index is 1.32. The van der Waals surface area contributed by atoms with E-state index in [2.05, 4.69) is 19.2 Å². The molecule has 11 heteroatoms. The molecule has 0 amide bonds. The van der Waals surface area contributed by atoms with Gasteiger partial charge in [-0.2, -0.15) is 4.31 Å². The molecule has 2 aromatic carbocycles. The first-order chi connectivity index (χ1) is 15.7. The van der Waals surface area contributed by atoms with Gasteiger partial charge in [0.2, 0.25) is 10.0 Å². The number of rotatable bonds is 7. The first-order valence-corrected chi connectivity index (χ1v) is 11.8. The first-order valence-electron chi connectivity index (χ1n) is 10.4. The number of piperazine rings is 1. The zero-order valence-corrected chi connectivity index (χ0v) is 18.5. The summed E-state index contributed by atoms with van der Waals surface area (Å²) in [5.41, 5.74) is 1.03. The zero-order chi connectivity index (χ0) is 23.5. The topological polar surface area (TPSA) is 67.7 Å². The van der Waals surface area contributed by atoms with Gasteiger partial charge in [-0.15, -0.1) is 13.2 Å². The lowest BCUT2D eigenvalue weighted by molar-refractivity contribution is -0.274. The summed E-state index contributed by atoms with van der Waals surface area (Å²) in [7, 11) is -3.79. The summed E-state index contributed by atoms with van der Waals surface area (Å²) in [5, 5.41) is 0. The van der Waals surface area contributed by atoms with Gasteiger partial charge in [0.15, 0.2) is 0 Å². The van der Waals surface area contributed by atoms with Gasteiger partial charge >= 0.3 is 6.36 Å². The summed E-state index contributed by atoms with van der Waals surface area (Å²) >= 11 is 0. The van der Waals surface area contributed by atoms with Crippen molar-refractivity contribution < 1.29 is 26.3 Å². The van der Waals surface area contributed by atoms with Crippen molar-refractivity contribution in [3.8, 4) is 17.1 Å². The number of aromatic nitrogens is 2. The van der Waals surface area contributed by atoms with Crippen LogP contribution in [-0.2, 0) is 16.6 Å². The molecule has 0 radical (unpaired) electrons. The van der Waals surface area contributed by atoms with Crippen LogP contribution >= 0.6 is 0 Å². The maximum Gasteiger partial charge on any atom is 0.573 e. The molecule has 0 atom stereocenters. The Morgan fingerprint density at radius 3 is 2.21 bits per heavy atom. The monoisotopic (exact) mass is 480 g/mol. The van der Waals surface area contributed by atoms with E-state index in [1.807, 2.05) is 36.5 Å². The number of imidazole rings is 1. The molecular formula is C22H23F3N4O3S. The Hall–Kier alpha value is -2.89. The molecule has 2 heterocycles. The van der Waals surface area contributed by atoms with E-state index < -0.39 is 22.1 Å². The summed E-state index contributed by atoms with van der Waals surface area (Å²) in [6.45, 7) is 3.19. The number of alkyl halides is 3. The predicted octanol–water partition coefficient (Wildman–Crippen LogP) is 3.46. The lowest BCUT2D eigenvalue weighted by Gasteiger charge is -2.34. The molecule has 7 nitrogen and oxygen atoms in total. The fourth-order valence-corrected chi connectivity index (χ4v) is 5.16. The van der Waals surface area contributed by atoms with Crippen molar-refractivity contribution in [2.24, 2.45) is 0 Å². The molecule has 1 saturated heterocycles. The lowest BCUT2D eigenvalue weighted by atomic mass is 10.2. The van der Waals surface area contributed by atoms with Crippen LogP contribution in [0.5, 0.6) is 5.75 Å². The van der Waals surface area contributed by atoms with Crippen LogP contribution in [0.3, 0.4) is 0 Å². The Kier molecular flexibility index (Phi) is 6.73. The van der Waals surface area contributed by atoms with Crippen LogP contribution in [0.2, 0.25) is 0 Å². The molecule has 1 fully saturated rings. The summed E-state index contributed by atoms with van der Waals surface area (Å²) in [6, 6.07) is 14.2. The third-order valence-electron chi connectivity index (χ3n) is 5.43. The number of nitrogens with zero attached hydrogens (tertiary/aromatic N) is 4. The van der Waals surface area contributed by atoms with Crippen LogP contribution < -0.4 is 4.74 Å². The third kappa shape index (κ3) is 5.73. The van der Waals surface area contributed by atoms with Gasteiger partial charge in [-0.1, -0.05) is 30.3 Å². The minimum atomic E-state index is -4.82. The van der Waals surface area contributed by atoms with Gasteiger partial charge in [-0.05, 0) is 24.3 Å². The van der Waals surface area contributed by atoms with Crippen molar-refractivity contribution in [1.82, 2.24) is 18.8 Å². The van der Waals surface area contributed by atoms with Crippen LogP contribution in [0.25, 0.3) is 11.4 Å². The average Bonchev–Trinajstić information content (AvgIpc) is 3.26. The molecule has 176 valence electrons. The zero-order valence-electron chi connectivity index (χ0n) is 17.6. The van der Waals surface area contributed by atoms with Crippen LogP contribution in [0.15, 0.2) is 71.9 Å². The van der Waals surface area contributed by atoms with Crippen LogP contribution in [0.1, 0.15) is 0 Å². The van der Waals surface area contributed by atoms with Gasteiger partial charge in [0.1, 0.15) is 11.6 Å². The van der Waals surface area contributed by atoms with E-state index in [0.717, 1.165) is 48.7 Å². The standard InChI is InChI=1S/C22H23F3N4O3S/c23-22(24,25)32-19-6-8-20(9-7-19)33(30,31)29-16-13-27(14-17-29)12-15-28-11-10-26-21(28)18-4-2-1-3-5-18/h1-11H,12-17H2. The minimum absolute atomic E-state index is 0.0589. The second kappa shape index (κ2) is 9.54. The predicted molar refractivity (Wildman–Crippen MR) is 116 cm³/mol. The molecule has 0 unspecified atom stereocenters. The molecule has 0 aliphatic carbocycles. The van der Waals surface area contributed by atoms with E-state index in [-0.39, 0.29) is 4.90 Å². The Labute approximate surface area is 190 Å². The number of sulfonamides is 1. The Bertz CT molecular complexity index is 1160. The number of hydrogen-bond acceptors (Lipinski definition) is 5. The van der Waals surface area contributed by atoms with Crippen LogP contribution in [-0.4, -0.2) is 66.3 Å². The third-order valence-corrected chi connectivity index (χ3v) is 7.34. The van der Waals surface area contributed by atoms with Gasteiger partial charge in [0.25, 0.3) is 0 Å². The summed E-state index contributed by atoms with van der Waals surface area (Å²) in [6.07, 6.45) is -1.14. The van der Waals surface area contributed by atoms with E-state index in [4.69, 9.17) is 0 Å². The maximum absolute atomic E-state index is 12.9.